The smallest absolute Gasteiger partial charge is 0.397 e. The summed E-state index contributed by atoms with van der Waals surface area (Å²) in [5.41, 5.74) is -2.61. The second-order valence-corrected chi connectivity index (χ2v) is 5.42. The maximum Gasteiger partial charge on any atom is 0.397 e. The van der Waals surface area contributed by atoms with E-state index in [9.17, 15) is 17.6 Å². The fourth-order valence-electron chi connectivity index (χ4n) is 1.37. The molecule has 0 bridgehead atoms. The number of methoxy groups -OCH3 is 1. The molecule has 0 heterocycles. The van der Waals surface area contributed by atoms with Crippen LogP contribution in [-0.2, 0) is 5.41 Å². The second-order valence-electron chi connectivity index (χ2n) is 4.19. The summed E-state index contributed by atoms with van der Waals surface area (Å²) >= 11 is 8.62. The third-order valence-electron chi connectivity index (χ3n) is 2.70. The van der Waals surface area contributed by atoms with Crippen LogP contribution >= 0.6 is 27.5 Å². The molecule has 0 spiro atoms. The molecule has 0 atom stereocenters. The lowest BCUT2D eigenvalue weighted by molar-refractivity contribution is -0.180. The molecule has 0 saturated heterocycles. The molecule has 0 aromatic heterocycles. The lowest BCUT2D eigenvalue weighted by Gasteiger charge is -2.29. The van der Waals surface area contributed by atoms with E-state index in [2.05, 4.69) is 15.9 Å². The van der Waals surface area contributed by atoms with Gasteiger partial charge in [0.05, 0.1) is 22.0 Å². The van der Waals surface area contributed by atoms with Gasteiger partial charge in [0.2, 0.25) is 0 Å². The molecule has 0 saturated carbocycles. The zero-order valence-corrected chi connectivity index (χ0v) is 12.1. The van der Waals surface area contributed by atoms with Gasteiger partial charge in [-0.25, -0.2) is 4.39 Å². The summed E-state index contributed by atoms with van der Waals surface area (Å²) in [6.45, 7) is 1.87. The zero-order chi connectivity index (χ0) is 14.3. The maximum atomic E-state index is 13.8. The van der Waals surface area contributed by atoms with E-state index in [1.54, 1.807) is 0 Å². The van der Waals surface area contributed by atoms with E-state index in [1.165, 1.54) is 7.11 Å². The minimum atomic E-state index is -4.54. The van der Waals surface area contributed by atoms with Crippen LogP contribution in [-0.4, -0.2) is 13.3 Å². The minimum Gasteiger partial charge on any atom is -0.492 e. The van der Waals surface area contributed by atoms with Gasteiger partial charge in [0, 0.05) is 0 Å². The Kier molecular flexibility index (Phi) is 4.23. The summed E-state index contributed by atoms with van der Waals surface area (Å²) in [5.74, 6) is -1.23. The van der Waals surface area contributed by atoms with Crippen LogP contribution in [0.25, 0.3) is 0 Å². The predicted octanol–water partition coefficient (Wildman–Crippen LogP) is 5.09. The highest BCUT2D eigenvalue weighted by molar-refractivity contribution is 9.10. The summed E-state index contributed by atoms with van der Waals surface area (Å²) in [6, 6.07) is 1.12. The molecule has 1 aromatic carbocycles. The number of benzene rings is 1. The second kappa shape index (κ2) is 4.89. The molecule has 102 valence electrons. The van der Waals surface area contributed by atoms with Gasteiger partial charge in [-0.1, -0.05) is 11.6 Å². The molecule has 0 N–H and O–H groups in total. The van der Waals surface area contributed by atoms with Gasteiger partial charge < -0.3 is 4.74 Å². The van der Waals surface area contributed by atoms with Crippen molar-refractivity contribution in [2.45, 2.75) is 25.4 Å². The van der Waals surface area contributed by atoms with Crippen molar-refractivity contribution in [1.82, 2.24) is 0 Å². The largest absolute Gasteiger partial charge is 0.492 e. The number of rotatable bonds is 2. The van der Waals surface area contributed by atoms with Crippen molar-refractivity contribution >= 4 is 27.5 Å². The number of ether oxygens (including phenoxy) is 1. The van der Waals surface area contributed by atoms with Crippen molar-refractivity contribution in [2.75, 3.05) is 7.11 Å². The molecule has 7 heteroatoms. The van der Waals surface area contributed by atoms with E-state index in [1.807, 2.05) is 0 Å². The summed E-state index contributed by atoms with van der Waals surface area (Å²) < 4.78 is 57.3. The minimum absolute atomic E-state index is 0.0826. The highest BCUT2D eigenvalue weighted by Gasteiger charge is 2.50. The first-order chi connectivity index (χ1) is 8.04. The summed E-state index contributed by atoms with van der Waals surface area (Å²) in [6.07, 6.45) is -4.54. The maximum absolute atomic E-state index is 13.8. The molecule has 0 aliphatic rings. The van der Waals surface area contributed by atoms with Crippen molar-refractivity contribution in [2.24, 2.45) is 0 Å². The van der Waals surface area contributed by atoms with Gasteiger partial charge in [-0.2, -0.15) is 13.2 Å². The standard InChI is InChI=1S/C11H10BrClF4O/c1-10(2,11(15,16)17)5-4-6(12)9(18-3)8(14)7(5)13/h4H,1-3H3. The van der Waals surface area contributed by atoms with E-state index in [-0.39, 0.29) is 15.8 Å². The Hall–Kier alpha value is -0.490. The highest BCUT2D eigenvalue weighted by Crippen LogP contribution is 2.46. The molecule has 1 nitrogen and oxygen atoms in total. The van der Waals surface area contributed by atoms with Crippen molar-refractivity contribution in [3.05, 3.63) is 26.9 Å². The van der Waals surface area contributed by atoms with Crippen molar-refractivity contribution in [3.63, 3.8) is 0 Å². The fraction of sp³-hybridized carbons (Fsp3) is 0.455. The molecule has 0 fully saturated rings. The third kappa shape index (κ3) is 2.45. The molecule has 18 heavy (non-hydrogen) atoms. The number of hydrogen-bond acceptors (Lipinski definition) is 1. The van der Waals surface area contributed by atoms with Crippen LogP contribution in [0.5, 0.6) is 5.75 Å². The van der Waals surface area contributed by atoms with Crippen LogP contribution < -0.4 is 4.74 Å². The molecule has 0 amide bonds. The Labute approximate surface area is 115 Å². The van der Waals surface area contributed by atoms with Gasteiger partial charge in [0.25, 0.3) is 0 Å². The number of hydrogen-bond donors (Lipinski definition) is 0. The molecule has 1 rings (SSSR count). The fourth-order valence-corrected chi connectivity index (χ4v) is 2.31. The van der Waals surface area contributed by atoms with Gasteiger partial charge in [-0.05, 0) is 41.4 Å². The Bertz CT molecular complexity index is 471. The molecular formula is C11H10BrClF4O. The van der Waals surface area contributed by atoms with E-state index in [4.69, 9.17) is 16.3 Å². The van der Waals surface area contributed by atoms with Crippen molar-refractivity contribution in [3.8, 4) is 5.75 Å². The van der Waals surface area contributed by atoms with Gasteiger partial charge in [0.1, 0.15) is 0 Å². The topological polar surface area (TPSA) is 9.23 Å². The van der Waals surface area contributed by atoms with E-state index >= 15 is 0 Å². The van der Waals surface area contributed by atoms with E-state index < -0.39 is 22.4 Å². The molecule has 0 unspecified atom stereocenters. The number of alkyl halides is 3. The average molecular weight is 350 g/mol. The van der Waals surface area contributed by atoms with Crippen LogP contribution in [0.3, 0.4) is 0 Å². The van der Waals surface area contributed by atoms with Crippen molar-refractivity contribution < 1.29 is 22.3 Å². The number of halogens is 6. The summed E-state index contributed by atoms with van der Waals surface area (Å²) in [4.78, 5) is 0. The summed E-state index contributed by atoms with van der Waals surface area (Å²) in [5, 5.41) is -0.586. The first-order valence-electron chi connectivity index (χ1n) is 4.82. The van der Waals surface area contributed by atoms with Gasteiger partial charge in [-0.15, -0.1) is 0 Å². The Morgan fingerprint density at radius 1 is 1.28 bits per heavy atom. The molecule has 1 aromatic rings. The Morgan fingerprint density at radius 3 is 2.17 bits per heavy atom. The lowest BCUT2D eigenvalue weighted by Crippen LogP contribution is -2.36. The monoisotopic (exact) mass is 348 g/mol. The van der Waals surface area contributed by atoms with Crippen LogP contribution in [0.2, 0.25) is 5.02 Å². The average Bonchev–Trinajstić information content (AvgIpc) is 2.22. The van der Waals surface area contributed by atoms with Crippen LogP contribution in [0.15, 0.2) is 10.5 Å². The van der Waals surface area contributed by atoms with E-state index in [0.29, 0.717) is 0 Å². The normalized spacial score (nSPS) is 12.7. The first kappa shape index (κ1) is 15.6. The lowest BCUT2D eigenvalue weighted by atomic mass is 9.83. The van der Waals surface area contributed by atoms with Crippen molar-refractivity contribution in [1.29, 1.82) is 0 Å². The Morgan fingerprint density at radius 2 is 1.78 bits per heavy atom. The quantitative estimate of drug-likeness (QED) is 0.534. The predicted molar refractivity (Wildman–Crippen MR) is 64.7 cm³/mol. The van der Waals surface area contributed by atoms with Crippen LogP contribution in [0, 0.1) is 5.82 Å². The first-order valence-corrected chi connectivity index (χ1v) is 5.99. The van der Waals surface area contributed by atoms with Crippen LogP contribution in [0.1, 0.15) is 19.4 Å². The molecule has 0 aliphatic heterocycles. The Balaban J connectivity index is 3.54. The summed E-state index contributed by atoms with van der Waals surface area (Å²) in [7, 11) is 1.20. The third-order valence-corrected chi connectivity index (χ3v) is 3.66. The zero-order valence-electron chi connectivity index (χ0n) is 9.75. The van der Waals surface area contributed by atoms with Gasteiger partial charge in [-0.3, -0.25) is 0 Å². The molecular weight excluding hydrogens is 339 g/mol. The van der Waals surface area contributed by atoms with Gasteiger partial charge in [0.15, 0.2) is 11.6 Å². The van der Waals surface area contributed by atoms with Crippen LogP contribution in [0.4, 0.5) is 17.6 Å². The van der Waals surface area contributed by atoms with Gasteiger partial charge >= 0.3 is 6.18 Å². The molecule has 0 radical (unpaired) electrons. The SMILES string of the molecule is COc1c(Br)cc(C(C)(C)C(F)(F)F)c(Cl)c1F. The highest BCUT2D eigenvalue weighted by atomic mass is 79.9. The molecule has 0 aliphatic carbocycles. The van der Waals surface area contributed by atoms with E-state index in [0.717, 1.165) is 19.9 Å².